The van der Waals surface area contributed by atoms with E-state index >= 15 is 0 Å². The number of hydrogen-bond donors (Lipinski definition) is 1. The first-order chi connectivity index (χ1) is 17.1. The second-order valence-electron chi connectivity index (χ2n) is 8.54. The summed E-state index contributed by atoms with van der Waals surface area (Å²) in [6, 6.07) is 33.5. The number of hydrogen-bond acceptors (Lipinski definition) is 4. The SMILES string of the molecule is Cc1noc(=O)c2ccc(NC(=O)C(Cc3ccccc3)c3ccc(-c4ccccc4)cc3)cc12. The van der Waals surface area contributed by atoms with E-state index in [9.17, 15) is 9.59 Å². The zero-order chi connectivity index (χ0) is 24.2. The summed E-state index contributed by atoms with van der Waals surface area (Å²) in [5, 5.41) is 7.94. The molecule has 5 aromatic rings. The molecule has 5 heteroatoms. The molecule has 0 aliphatic heterocycles. The van der Waals surface area contributed by atoms with Crippen LogP contribution in [0.5, 0.6) is 0 Å². The van der Waals surface area contributed by atoms with E-state index in [1.165, 1.54) is 0 Å². The fraction of sp³-hybridized carbons (Fsp3) is 0.100. The second-order valence-corrected chi connectivity index (χ2v) is 8.54. The first-order valence-corrected chi connectivity index (χ1v) is 11.5. The van der Waals surface area contributed by atoms with Crippen molar-refractivity contribution in [2.75, 3.05) is 5.32 Å². The smallest absolute Gasteiger partial charge is 0.326 e. The molecule has 0 saturated carbocycles. The Labute approximate surface area is 203 Å². The summed E-state index contributed by atoms with van der Waals surface area (Å²) in [5.74, 6) is -0.507. The zero-order valence-corrected chi connectivity index (χ0v) is 19.3. The van der Waals surface area contributed by atoms with E-state index in [1.807, 2.05) is 60.7 Å². The molecule has 4 aromatic carbocycles. The Morgan fingerprint density at radius 1 is 0.829 bits per heavy atom. The van der Waals surface area contributed by atoms with E-state index in [4.69, 9.17) is 4.52 Å². The van der Waals surface area contributed by atoms with Crippen molar-refractivity contribution in [2.45, 2.75) is 19.3 Å². The molecule has 0 radical (unpaired) electrons. The van der Waals surface area contributed by atoms with Gasteiger partial charge in [-0.3, -0.25) is 4.79 Å². The maximum Gasteiger partial charge on any atom is 0.366 e. The van der Waals surface area contributed by atoms with Gasteiger partial charge >= 0.3 is 5.63 Å². The molecule has 1 aromatic heterocycles. The van der Waals surface area contributed by atoms with Gasteiger partial charge in [-0.15, -0.1) is 0 Å². The number of amides is 1. The third kappa shape index (κ3) is 4.89. The average Bonchev–Trinajstić information content (AvgIpc) is 2.91. The van der Waals surface area contributed by atoms with Crippen molar-refractivity contribution in [3.63, 3.8) is 0 Å². The van der Waals surface area contributed by atoms with Crippen molar-refractivity contribution in [2.24, 2.45) is 0 Å². The third-order valence-corrected chi connectivity index (χ3v) is 6.18. The zero-order valence-electron chi connectivity index (χ0n) is 19.3. The summed E-state index contributed by atoms with van der Waals surface area (Å²) in [7, 11) is 0. The predicted octanol–water partition coefficient (Wildman–Crippen LogP) is 6.13. The molecule has 1 unspecified atom stereocenters. The average molecular weight is 461 g/mol. The van der Waals surface area contributed by atoms with Gasteiger partial charge in [0.15, 0.2) is 0 Å². The molecular weight excluding hydrogens is 436 g/mol. The molecule has 0 aliphatic carbocycles. The fourth-order valence-electron chi connectivity index (χ4n) is 4.29. The van der Waals surface area contributed by atoms with Crippen LogP contribution in [0.1, 0.15) is 22.7 Å². The van der Waals surface area contributed by atoms with Crippen molar-refractivity contribution < 1.29 is 9.32 Å². The van der Waals surface area contributed by atoms with E-state index in [0.29, 0.717) is 28.6 Å². The number of aromatic nitrogens is 1. The molecule has 5 nitrogen and oxygen atoms in total. The van der Waals surface area contributed by atoms with Crippen LogP contribution in [0, 0.1) is 6.92 Å². The maximum absolute atomic E-state index is 13.6. The molecule has 0 spiro atoms. The molecule has 1 atom stereocenters. The molecule has 1 N–H and O–H groups in total. The van der Waals surface area contributed by atoms with Gasteiger partial charge in [-0.1, -0.05) is 90.1 Å². The summed E-state index contributed by atoms with van der Waals surface area (Å²) in [6.45, 7) is 1.77. The van der Waals surface area contributed by atoms with E-state index in [-0.39, 0.29) is 5.91 Å². The molecule has 5 rings (SSSR count). The monoisotopic (exact) mass is 460 g/mol. The van der Waals surface area contributed by atoms with Crippen LogP contribution in [0.4, 0.5) is 5.69 Å². The van der Waals surface area contributed by atoms with Crippen LogP contribution >= 0.6 is 0 Å². The Morgan fingerprint density at radius 2 is 1.49 bits per heavy atom. The number of rotatable bonds is 6. The number of carbonyl (C=O) groups is 1. The van der Waals surface area contributed by atoms with Crippen molar-refractivity contribution in [1.82, 2.24) is 5.16 Å². The summed E-state index contributed by atoms with van der Waals surface area (Å²) >= 11 is 0. The lowest BCUT2D eigenvalue weighted by Gasteiger charge is -2.18. The number of carbonyl (C=O) groups excluding carboxylic acids is 1. The highest BCUT2D eigenvalue weighted by Gasteiger charge is 2.22. The minimum atomic E-state index is -0.496. The summed E-state index contributed by atoms with van der Waals surface area (Å²) in [4.78, 5) is 25.5. The third-order valence-electron chi connectivity index (χ3n) is 6.18. The Kier molecular flexibility index (Phi) is 6.22. The van der Waals surface area contributed by atoms with E-state index in [0.717, 1.165) is 22.3 Å². The largest absolute Gasteiger partial charge is 0.366 e. The number of aryl methyl sites for hydroxylation is 1. The normalized spacial score (nSPS) is 11.8. The number of nitrogens with one attached hydrogen (secondary N) is 1. The van der Waals surface area contributed by atoms with Gasteiger partial charge in [-0.05, 0) is 53.8 Å². The van der Waals surface area contributed by atoms with Crippen LogP contribution in [0.15, 0.2) is 112 Å². The Bertz CT molecular complexity index is 1530. The lowest BCUT2D eigenvalue weighted by atomic mass is 9.90. The fourth-order valence-corrected chi connectivity index (χ4v) is 4.29. The molecule has 35 heavy (non-hydrogen) atoms. The molecular formula is C30H24N2O3. The van der Waals surface area contributed by atoms with E-state index in [1.54, 1.807) is 25.1 Å². The highest BCUT2D eigenvalue weighted by molar-refractivity contribution is 5.98. The van der Waals surface area contributed by atoms with Gasteiger partial charge in [-0.25, -0.2) is 4.79 Å². The quantitative estimate of drug-likeness (QED) is 0.331. The minimum Gasteiger partial charge on any atom is -0.326 e. The first kappa shape index (κ1) is 22.3. The number of benzene rings is 4. The van der Waals surface area contributed by atoms with Gasteiger partial charge in [-0.2, -0.15) is 0 Å². The Morgan fingerprint density at radius 3 is 2.20 bits per heavy atom. The molecule has 0 saturated heterocycles. The second kappa shape index (κ2) is 9.77. The predicted molar refractivity (Wildman–Crippen MR) is 138 cm³/mol. The molecule has 1 amide bonds. The van der Waals surface area contributed by atoms with Crippen molar-refractivity contribution in [1.29, 1.82) is 0 Å². The van der Waals surface area contributed by atoms with Crippen molar-refractivity contribution in [3.8, 4) is 11.1 Å². The molecule has 0 aliphatic rings. The van der Waals surface area contributed by atoms with E-state index in [2.05, 4.69) is 34.7 Å². The van der Waals surface area contributed by atoms with Crippen LogP contribution in [-0.4, -0.2) is 11.1 Å². The summed E-state index contributed by atoms with van der Waals surface area (Å²) in [6.07, 6.45) is 0.565. The van der Waals surface area contributed by atoms with Crippen LogP contribution < -0.4 is 10.9 Å². The van der Waals surface area contributed by atoms with Gasteiger partial charge in [0.25, 0.3) is 0 Å². The van der Waals surface area contributed by atoms with Gasteiger partial charge in [0.2, 0.25) is 5.91 Å². The van der Waals surface area contributed by atoms with Gasteiger partial charge in [0, 0.05) is 11.1 Å². The van der Waals surface area contributed by atoms with Crippen LogP contribution in [-0.2, 0) is 11.2 Å². The highest BCUT2D eigenvalue weighted by Crippen LogP contribution is 2.27. The number of anilines is 1. The van der Waals surface area contributed by atoms with Crippen LogP contribution in [0.3, 0.4) is 0 Å². The number of fused-ring (bicyclic) bond motifs is 1. The first-order valence-electron chi connectivity index (χ1n) is 11.5. The van der Waals surface area contributed by atoms with Gasteiger partial charge in [0.1, 0.15) is 0 Å². The molecule has 0 bridgehead atoms. The lowest BCUT2D eigenvalue weighted by Crippen LogP contribution is -2.23. The van der Waals surface area contributed by atoms with Gasteiger partial charge < -0.3 is 9.84 Å². The Balaban J connectivity index is 1.46. The van der Waals surface area contributed by atoms with Crippen LogP contribution in [0.25, 0.3) is 21.9 Å². The molecule has 1 heterocycles. The Hall–Kier alpha value is -4.51. The van der Waals surface area contributed by atoms with Crippen molar-refractivity contribution in [3.05, 3.63) is 130 Å². The van der Waals surface area contributed by atoms with Gasteiger partial charge in [0.05, 0.1) is 17.0 Å². The lowest BCUT2D eigenvalue weighted by molar-refractivity contribution is -0.117. The van der Waals surface area contributed by atoms with E-state index < -0.39 is 11.5 Å². The summed E-state index contributed by atoms with van der Waals surface area (Å²) < 4.78 is 4.80. The van der Waals surface area contributed by atoms with Crippen molar-refractivity contribution >= 4 is 22.4 Å². The minimum absolute atomic E-state index is 0.116. The highest BCUT2D eigenvalue weighted by atomic mass is 16.5. The topological polar surface area (TPSA) is 72.2 Å². The number of nitrogens with zero attached hydrogens (tertiary/aromatic N) is 1. The molecule has 0 fully saturated rings. The summed E-state index contributed by atoms with van der Waals surface area (Å²) in [5.41, 5.74) is 4.95. The van der Waals surface area contributed by atoms with Crippen LogP contribution in [0.2, 0.25) is 0 Å². The standard InChI is InChI=1S/C30H24N2O3/c1-20-27-19-25(16-17-26(27)30(34)35-32-20)31-29(33)28(18-21-8-4-2-5-9-21)24-14-12-23(13-15-24)22-10-6-3-7-11-22/h2-17,19,28H,18H2,1H3,(H,31,33). The maximum atomic E-state index is 13.6. The molecule has 172 valence electrons.